The summed E-state index contributed by atoms with van der Waals surface area (Å²) >= 11 is 1.85. The van der Waals surface area contributed by atoms with Gasteiger partial charge in [-0.1, -0.05) is 18.6 Å². The van der Waals surface area contributed by atoms with E-state index in [1.807, 2.05) is 18.8 Å². The van der Waals surface area contributed by atoms with Crippen molar-refractivity contribution in [1.82, 2.24) is 5.32 Å². The van der Waals surface area contributed by atoms with Gasteiger partial charge in [0.25, 0.3) is 0 Å². The number of nitrogens with one attached hydrogen (secondary N) is 1. The molecule has 1 aliphatic heterocycles. The third-order valence-corrected chi connectivity index (χ3v) is 4.67. The summed E-state index contributed by atoms with van der Waals surface area (Å²) in [5, 5.41) is 3.47. The minimum atomic E-state index is -0.761. The van der Waals surface area contributed by atoms with Gasteiger partial charge in [-0.2, -0.15) is 11.8 Å². The number of halogens is 2. The summed E-state index contributed by atoms with van der Waals surface area (Å²) in [5.74, 6) is -0.360. The minimum Gasteiger partial charge on any atom is -0.312 e. The van der Waals surface area contributed by atoms with Crippen molar-refractivity contribution in [2.45, 2.75) is 30.6 Å². The van der Waals surface area contributed by atoms with E-state index in [-0.39, 0.29) is 6.04 Å². The standard InChI is InChI=1S/C13H17F2NS/c1-16-13(11-7-2-3-8-17-11)9-5-4-6-10(14)12(9)15/h4-6,11,13,16H,2-3,7-8H2,1H3. The summed E-state index contributed by atoms with van der Waals surface area (Å²) in [5.41, 5.74) is 0.451. The van der Waals surface area contributed by atoms with Crippen molar-refractivity contribution >= 4 is 11.8 Å². The van der Waals surface area contributed by atoms with Crippen LogP contribution in [-0.4, -0.2) is 18.1 Å². The molecule has 0 aliphatic carbocycles. The highest BCUT2D eigenvalue weighted by molar-refractivity contribution is 8.00. The fourth-order valence-corrected chi connectivity index (χ4v) is 3.81. The number of benzene rings is 1. The highest BCUT2D eigenvalue weighted by atomic mass is 32.2. The van der Waals surface area contributed by atoms with Gasteiger partial charge in [0.1, 0.15) is 0 Å². The summed E-state index contributed by atoms with van der Waals surface area (Å²) in [7, 11) is 1.81. The van der Waals surface area contributed by atoms with Gasteiger partial charge >= 0.3 is 0 Å². The van der Waals surface area contributed by atoms with Crippen LogP contribution in [0.1, 0.15) is 30.9 Å². The van der Waals surface area contributed by atoms with Crippen LogP contribution in [0.5, 0.6) is 0 Å². The third kappa shape index (κ3) is 2.80. The van der Waals surface area contributed by atoms with Gasteiger partial charge in [-0.25, -0.2) is 8.78 Å². The molecule has 2 atom stereocenters. The number of hydrogen-bond acceptors (Lipinski definition) is 2. The van der Waals surface area contributed by atoms with E-state index in [4.69, 9.17) is 0 Å². The molecule has 4 heteroatoms. The molecule has 1 nitrogen and oxygen atoms in total. The molecule has 1 fully saturated rings. The van der Waals surface area contributed by atoms with Crippen molar-refractivity contribution in [2.24, 2.45) is 0 Å². The quantitative estimate of drug-likeness (QED) is 0.889. The van der Waals surface area contributed by atoms with Crippen LogP contribution >= 0.6 is 11.8 Å². The smallest absolute Gasteiger partial charge is 0.163 e. The molecule has 1 aromatic carbocycles. The lowest BCUT2D eigenvalue weighted by Crippen LogP contribution is -2.30. The molecule has 0 spiro atoms. The van der Waals surface area contributed by atoms with Gasteiger partial charge in [-0.3, -0.25) is 0 Å². The van der Waals surface area contributed by atoms with Crippen molar-refractivity contribution in [3.63, 3.8) is 0 Å². The Balaban J connectivity index is 2.24. The molecule has 17 heavy (non-hydrogen) atoms. The van der Waals surface area contributed by atoms with Crippen LogP contribution in [0.3, 0.4) is 0 Å². The van der Waals surface area contributed by atoms with Gasteiger partial charge < -0.3 is 5.32 Å². The lowest BCUT2D eigenvalue weighted by molar-refractivity contribution is 0.456. The van der Waals surface area contributed by atoms with Gasteiger partial charge in [0.2, 0.25) is 0 Å². The zero-order chi connectivity index (χ0) is 12.3. The van der Waals surface area contributed by atoms with Crippen LogP contribution in [0.2, 0.25) is 0 Å². The SMILES string of the molecule is CNC(c1cccc(F)c1F)C1CCCCS1. The average molecular weight is 257 g/mol. The van der Waals surface area contributed by atoms with Gasteiger partial charge in [-0.05, 0) is 31.7 Å². The lowest BCUT2D eigenvalue weighted by atomic mass is 9.99. The van der Waals surface area contributed by atoms with Crippen LogP contribution in [0, 0.1) is 11.6 Å². The number of thioether (sulfide) groups is 1. The zero-order valence-electron chi connectivity index (χ0n) is 9.88. The molecule has 1 N–H and O–H groups in total. The van der Waals surface area contributed by atoms with Crippen LogP contribution in [0.4, 0.5) is 8.78 Å². The Hall–Kier alpha value is -0.610. The lowest BCUT2D eigenvalue weighted by Gasteiger charge is -2.30. The second kappa shape index (κ2) is 5.83. The maximum absolute atomic E-state index is 13.8. The number of hydrogen-bond donors (Lipinski definition) is 1. The predicted octanol–water partition coefficient (Wildman–Crippen LogP) is 3.51. The van der Waals surface area contributed by atoms with Crippen molar-refractivity contribution in [2.75, 3.05) is 12.8 Å². The first-order chi connectivity index (χ1) is 8.24. The average Bonchev–Trinajstić information content (AvgIpc) is 2.37. The topological polar surface area (TPSA) is 12.0 Å². The normalized spacial score (nSPS) is 22.4. The molecule has 0 amide bonds. The fourth-order valence-electron chi connectivity index (χ4n) is 2.33. The molecule has 94 valence electrons. The first-order valence-corrected chi connectivity index (χ1v) is 7.01. The molecule has 0 bridgehead atoms. The Morgan fingerprint density at radius 2 is 2.18 bits per heavy atom. The summed E-state index contributed by atoms with van der Waals surface area (Å²) in [6.07, 6.45) is 3.46. The zero-order valence-corrected chi connectivity index (χ0v) is 10.7. The molecule has 2 rings (SSSR count). The van der Waals surface area contributed by atoms with E-state index in [2.05, 4.69) is 5.32 Å². The molecule has 0 saturated carbocycles. The van der Waals surface area contributed by atoms with E-state index in [1.54, 1.807) is 12.1 Å². The molecule has 1 aliphatic rings. The van der Waals surface area contributed by atoms with Crippen LogP contribution < -0.4 is 5.32 Å². The maximum atomic E-state index is 13.8. The fraction of sp³-hybridized carbons (Fsp3) is 0.538. The first-order valence-electron chi connectivity index (χ1n) is 5.97. The molecule has 0 aromatic heterocycles. The van der Waals surface area contributed by atoms with Crippen LogP contribution in [0.15, 0.2) is 18.2 Å². The molecular formula is C13H17F2NS. The molecular weight excluding hydrogens is 240 g/mol. The predicted molar refractivity (Wildman–Crippen MR) is 68.3 cm³/mol. The third-order valence-electron chi connectivity index (χ3n) is 3.21. The van der Waals surface area contributed by atoms with E-state index in [0.717, 1.165) is 12.2 Å². The van der Waals surface area contributed by atoms with Crippen LogP contribution in [0.25, 0.3) is 0 Å². The molecule has 1 saturated heterocycles. The largest absolute Gasteiger partial charge is 0.312 e. The van der Waals surface area contributed by atoms with E-state index < -0.39 is 11.6 Å². The number of rotatable bonds is 3. The Morgan fingerprint density at radius 3 is 2.82 bits per heavy atom. The van der Waals surface area contributed by atoms with Crippen molar-refractivity contribution in [3.8, 4) is 0 Å². The second-order valence-electron chi connectivity index (χ2n) is 4.31. The van der Waals surface area contributed by atoms with Gasteiger partial charge in [0.05, 0.1) is 0 Å². The molecule has 0 radical (unpaired) electrons. The van der Waals surface area contributed by atoms with E-state index in [0.29, 0.717) is 10.8 Å². The van der Waals surface area contributed by atoms with E-state index in [1.165, 1.54) is 18.9 Å². The van der Waals surface area contributed by atoms with Crippen molar-refractivity contribution in [1.29, 1.82) is 0 Å². The monoisotopic (exact) mass is 257 g/mol. The second-order valence-corrected chi connectivity index (χ2v) is 5.66. The van der Waals surface area contributed by atoms with Crippen molar-refractivity contribution < 1.29 is 8.78 Å². The Morgan fingerprint density at radius 1 is 1.35 bits per heavy atom. The van der Waals surface area contributed by atoms with Gasteiger partial charge in [0, 0.05) is 16.9 Å². The highest BCUT2D eigenvalue weighted by Gasteiger charge is 2.27. The van der Waals surface area contributed by atoms with Gasteiger partial charge in [0.15, 0.2) is 11.6 Å². The minimum absolute atomic E-state index is 0.101. The Labute approximate surface area is 105 Å². The first kappa shape index (κ1) is 12.8. The summed E-state index contributed by atoms with van der Waals surface area (Å²) in [4.78, 5) is 0. The van der Waals surface area contributed by atoms with Crippen molar-refractivity contribution in [3.05, 3.63) is 35.4 Å². The summed E-state index contributed by atoms with van der Waals surface area (Å²) < 4.78 is 27.0. The Bertz CT molecular complexity index is 378. The van der Waals surface area contributed by atoms with Gasteiger partial charge in [-0.15, -0.1) is 0 Å². The molecule has 2 unspecified atom stereocenters. The Kier molecular flexibility index (Phi) is 4.40. The molecule has 1 heterocycles. The summed E-state index contributed by atoms with van der Waals surface area (Å²) in [6.45, 7) is 0. The van der Waals surface area contributed by atoms with E-state index >= 15 is 0 Å². The van der Waals surface area contributed by atoms with E-state index in [9.17, 15) is 8.78 Å². The summed E-state index contributed by atoms with van der Waals surface area (Å²) in [6, 6.07) is 4.32. The molecule has 1 aromatic rings. The van der Waals surface area contributed by atoms with Crippen LogP contribution in [-0.2, 0) is 0 Å². The highest BCUT2D eigenvalue weighted by Crippen LogP contribution is 2.35. The maximum Gasteiger partial charge on any atom is 0.163 e.